The van der Waals surface area contributed by atoms with E-state index in [0.717, 1.165) is 21.1 Å². The van der Waals surface area contributed by atoms with E-state index in [1.165, 1.54) is 25.6 Å². The molecular formula is C16H17NO6S2. The Morgan fingerprint density at radius 3 is 2.20 bits per heavy atom. The maximum atomic E-state index is 12.3. The minimum Gasteiger partial charge on any atom is -0.465 e. The zero-order chi connectivity index (χ0) is 18.7. The molecule has 2 aromatic rings. The summed E-state index contributed by atoms with van der Waals surface area (Å²) in [7, 11) is 2.41. The standard InChI is InChI=1S/C16H17NO6S2/c1-7-5-9(8(2)24-7)14(18)23-6-10-11(15(19)21-3)13(17)25-12(10)16(20)22-4/h5H,6,17H2,1-4H3. The first-order valence-corrected chi connectivity index (χ1v) is 8.75. The van der Waals surface area contributed by atoms with Gasteiger partial charge in [0, 0.05) is 15.3 Å². The van der Waals surface area contributed by atoms with Crippen LogP contribution in [0.1, 0.15) is 45.7 Å². The highest BCUT2D eigenvalue weighted by atomic mass is 32.1. The summed E-state index contributed by atoms with van der Waals surface area (Å²) in [5.74, 6) is -1.92. The first-order chi connectivity index (χ1) is 11.8. The van der Waals surface area contributed by atoms with Crippen molar-refractivity contribution in [1.29, 1.82) is 0 Å². The van der Waals surface area contributed by atoms with Crippen LogP contribution in [0.4, 0.5) is 5.00 Å². The number of ether oxygens (including phenoxy) is 3. The van der Waals surface area contributed by atoms with E-state index in [2.05, 4.69) is 0 Å². The lowest BCUT2D eigenvalue weighted by molar-refractivity contribution is 0.0452. The Labute approximate surface area is 152 Å². The maximum absolute atomic E-state index is 12.3. The smallest absolute Gasteiger partial charge is 0.348 e. The number of carbonyl (C=O) groups is 3. The summed E-state index contributed by atoms with van der Waals surface area (Å²) >= 11 is 2.36. The summed E-state index contributed by atoms with van der Waals surface area (Å²) in [6, 6.07) is 1.73. The van der Waals surface area contributed by atoms with E-state index in [9.17, 15) is 14.4 Å². The summed E-state index contributed by atoms with van der Waals surface area (Å²) in [6.07, 6.45) is 0. The second-order valence-corrected chi connectivity index (χ2v) is 7.55. The third kappa shape index (κ3) is 3.83. The van der Waals surface area contributed by atoms with Crippen molar-refractivity contribution in [3.8, 4) is 0 Å². The molecule has 134 valence electrons. The molecule has 0 amide bonds. The first-order valence-electron chi connectivity index (χ1n) is 7.12. The zero-order valence-electron chi connectivity index (χ0n) is 14.1. The van der Waals surface area contributed by atoms with Gasteiger partial charge < -0.3 is 19.9 Å². The Bertz CT molecular complexity index is 836. The number of esters is 3. The fourth-order valence-corrected chi connectivity index (χ4v) is 4.15. The number of nitrogen functional groups attached to an aromatic ring is 1. The third-order valence-electron chi connectivity index (χ3n) is 3.40. The molecule has 0 aliphatic heterocycles. The lowest BCUT2D eigenvalue weighted by atomic mass is 10.1. The van der Waals surface area contributed by atoms with E-state index in [4.69, 9.17) is 19.9 Å². The van der Waals surface area contributed by atoms with Gasteiger partial charge in [-0.1, -0.05) is 0 Å². The lowest BCUT2D eigenvalue weighted by Gasteiger charge is -2.08. The molecule has 2 aromatic heterocycles. The van der Waals surface area contributed by atoms with Crippen molar-refractivity contribution in [3.05, 3.63) is 37.4 Å². The van der Waals surface area contributed by atoms with Crippen LogP contribution in [0.3, 0.4) is 0 Å². The van der Waals surface area contributed by atoms with Gasteiger partial charge in [-0.3, -0.25) is 0 Å². The van der Waals surface area contributed by atoms with Gasteiger partial charge in [0.2, 0.25) is 0 Å². The molecule has 0 aliphatic carbocycles. The van der Waals surface area contributed by atoms with Crippen molar-refractivity contribution in [3.63, 3.8) is 0 Å². The number of rotatable bonds is 5. The van der Waals surface area contributed by atoms with Crippen molar-refractivity contribution in [2.24, 2.45) is 0 Å². The molecule has 7 nitrogen and oxygen atoms in total. The minimum absolute atomic E-state index is 0.0129. The average molecular weight is 383 g/mol. The number of aryl methyl sites for hydroxylation is 2. The topological polar surface area (TPSA) is 105 Å². The molecule has 0 aromatic carbocycles. The van der Waals surface area contributed by atoms with Gasteiger partial charge in [0.15, 0.2) is 0 Å². The van der Waals surface area contributed by atoms with Gasteiger partial charge in [0.05, 0.1) is 19.8 Å². The van der Waals surface area contributed by atoms with Gasteiger partial charge in [-0.25, -0.2) is 14.4 Å². The molecule has 0 radical (unpaired) electrons. The molecule has 0 atom stereocenters. The maximum Gasteiger partial charge on any atom is 0.348 e. The highest BCUT2D eigenvalue weighted by Crippen LogP contribution is 2.33. The van der Waals surface area contributed by atoms with Crippen LogP contribution in [0.2, 0.25) is 0 Å². The summed E-state index contributed by atoms with van der Waals surface area (Å²) in [5.41, 5.74) is 6.47. The number of anilines is 1. The molecular weight excluding hydrogens is 366 g/mol. The Balaban J connectivity index is 2.34. The van der Waals surface area contributed by atoms with Crippen LogP contribution >= 0.6 is 22.7 Å². The van der Waals surface area contributed by atoms with Gasteiger partial charge in [-0.15, -0.1) is 22.7 Å². The van der Waals surface area contributed by atoms with Crippen LogP contribution < -0.4 is 5.73 Å². The van der Waals surface area contributed by atoms with E-state index < -0.39 is 17.9 Å². The summed E-state index contributed by atoms with van der Waals surface area (Å²) in [4.78, 5) is 38.1. The molecule has 25 heavy (non-hydrogen) atoms. The average Bonchev–Trinajstić information content (AvgIpc) is 3.09. The second kappa shape index (κ2) is 7.66. The fraction of sp³-hybridized carbons (Fsp3) is 0.312. The molecule has 0 bridgehead atoms. The number of carbonyl (C=O) groups excluding carboxylic acids is 3. The Morgan fingerprint density at radius 2 is 1.68 bits per heavy atom. The molecule has 0 saturated heterocycles. The van der Waals surface area contributed by atoms with Crippen molar-refractivity contribution in [2.75, 3.05) is 20.0 Å². The Kier molecular flexibility index (Phi) is 5.81. The lowest BCUT2D eigenvalue weighted by Crippen LogP contribution is -2.12. The first kappa shape index (κ1) is 18.9. The fourth-order valence-electron chi connectivity index (χ4n) is 2.25. The van der Waals surface area contributed by atoms with Crippen molar-refractivity contribution in [1.82, 2.24) is 0 Å². The molecule has 0 unspecified atom stereocenters. The third-order valence-corrected chi connectivity index (χ3v) is 5.41. The molecule has 9 heteroatoms. The van der Waals surface area contributed by atoms with Crippen LogP contribution in [0.15, 0.2) is 6.07 Å². The van der Waals surface area contributed by atoms with Gasteiger partial charge in [-0.2, -0.15) is 0 Å². The second-order valence-electron chi connectivity index (χ2n) is 5.04. The molecule has 0 saturated carbocycles. The van der Waals surface area contributed by atoms with Crippen molar-refractivity contribution < 1.29 is 28.6 Å². The van der Waals surface area contributed by atoms with Crippen molar-refractivity contribution in [2.45, 2.75) is 20.5 Å². The number of hydrogen-bond donors (Lipinski definition) is 1. The normalized spacial score (nSPS) is 10.4. The Hall–Kier alpha value is -2.39. The quantitative estimate of drug-likeness (QED) is 0.625. The van der Waals surface area contributed by atoms with Gasteiger partial charge in [0.25, 0.3) is 0 Å². The molecule has 0 aliphatic rings. The number of methoxy groups -OCH3 is 2. The summed E-state index contributed by atoms with van der Waals surface area (Å²) in [5, 5.41) is 0.0980. The van der Waals surface area contributed by atoms with Crippen molar-refractivity contribution >= 4 is 45.6 Å². The zero-order valence-corrected chi connectivity index (χ0v) is 15.8. The molecule has 2 heterocycles. The number of hydrogen-bond acceptors (Lipinski definition) is 9. The van der Waals surface area contributed by atoms with Gasteiger partial charge in [-0.05, 0) is 19.9 Å². The van der Waals surface area contributed by atoms with Crippen LogP contribution in [-0.2, 0) is 20.8 Å². The van der Waals surface area contributed by atoms with E-state index in [1.807, 2.05) is 13.8 Å². The Morgan fingerprint density at radius 1 is 1.04 bits per heavy atom. The van der Waals surface area contributed by atoms with Crippen LogP contribution in [0, 0.1) is 13.8 Å². The largest absolute Gasteiger partial charge is 0.465 e. The van der Waals surface area contributed by atoms with E-state index >= 15 is 0 Å². The summed E-state index contributed by atoms with van der Waals surface area (Å²) < 4.78 is 14.7. The highest BCUT2D eigenvalue weighted by Gasteiger charge is 2.28. The van der Waals surface area contributed by atoms with Gasteiger partial charge >= 0.3 is 17.9 Å². The van der Waals surface area contributed by atoms with Crippen LogP contribution in [-0.4, -0.2) is 32.1 Å². The minimum atomic E-state index is -0.711. The number of thiophene rings is 2. The molecule has 0 fully saturated rings. The van der Waals surface area contributed by atoms with Crippen LogP contribution in [0.25, 0.3) is 0 Å². The molecule has 0 spiro atoms. The summed E-state index contributed by atoms with van der Waals surface area (Å²) in [6.45, 7) is 3.41. The SMILES string of the molecule is COC(=O)c1sc(N)c(C(=O)OC)c1COC(=O)c1cc(C)sc1C. The highest BCUT2D eigenvalue weighted by molar-refractivity contribution is 7.18. The predicted molar refractivity (Wildman–Crippen MR) is 94.3 cm³/mol. The van der Waals surface area contributed by atoms with E-state index in [-0.39, 0.29) is 27.6 Å². The predicted octanol–water partition coefficient (Wildman–Crippen LogP) is 2.94. The van der Waals surface area contributed by atoms with E-state index in [0.29, 0.717) is 5.56 Å². The van der Waals surface area contributed by atoms with Gasteiger partial charge in [0.1, 0.15) is 22.0 Å². The molecule has 2 rings (SSSR count). The molecule has 2 N–H and O–H groups in total. The van der Waals surface area contributed by atoms with Crippen LogP contribution in [0.5, 0.6) is 0 Å². The van der Waals surface area contributed by atoms with E-state index in [1.54, 1.807) is 6.07 Å². The number of nitrogens with two attached hydrogens (primary N) is 1. The monoisotopic (exact) mass is 383 g/mol.